The molecule has 2 fully saturated rings. The summed E-state index contributed by atoms with van der Waals surface area (Å²) in [5, 5.41) is 3.20. The fraction of sp³-hybridized carbons (Fsp3) is 0.812. The average Bonchev–Trinajstić information content (AvgIpc) is 3.07. The fourth-order valence-electron chi connectivity index (χ4n) is 3.68. The molecule has 1 aromatic heterocycles. The first kappa shape index (κ1) is 15.4. The molecular weight excluding hydrogens is 284 g/mol. The van der Waals surface area contributed by atoms with Crippen molar-refractivity contribution in [2.24, 2.45) is 5.92 Å². The maximum atomic E-state index is 6.24. The van der Waals surface area contributed by atoms with Gasteiger partial charge in [-0.2, -0.15) is 0 Å². The molecule has 0 N–H and O–H groups in total. The SMILES string of the molecule is CCN1CCO[C@]2(CCC[C@H]2COCc2csc(C)n2)C1. The highest BCUT2D eigenvalue weighted by Crippen LogP contribution is 2.41. The average molecular weight is 310 g/mol. The maximum Gasteiger partial charge on any atom is 0.0898 e. The molecule has 0 aromatic carbocycles. The molecule has 118 valence electrons. The Morgan fingerprint density at radius 2 is 2.48 bits per heavy atom. The van der Waals surface area contributed by atoms with Crippen LogP contribution in [0.5, 0.6) is 0 Å². The van der Waals surface area contributed by atoms with Crippen molar-refractivity contribution in [1.82, 2.24) is 9.88 Å². The van der Waals surface area contributed by atoms with Crippen LogP contribution in [0, 0.1) is 12.8 Å². The summed E-state index contributed by atoms with van der Waals surface area (Å²) in [6.07, 6.45) is 3.68. The molecule has 1 saturated carbocycles. The van der Waals surface area contributed by atoms with Crippen molar-refractivity contribution in [2.45, 2.75) is 45.3 Å². The number of aryl methyl sites for hydroxylation is 1. The Morgan fingerprint density at radius 1 is 1.57 bits per heavy atom. The fourth-order valence-corrected chi connectivity index (χ4v) is 4.28. The van der Waals surface area contributed by atoms with Crippen molar-refractivity contribution in [3.05, 3.63) is 16.1 Å². The van der Waals surface area contributed by atoms with E-state index in [1.165, 1.54) is 19.3 Å². The number of hydrogen-bond donors (Lipinski definition) is 0. The molecule has 2 atom stereocenters. The van der Waals surface area contributed by atoms with E-state index in [0.29, 0.717) is 12.5 Å². The minimum absolute atomic E-state index is 0.0479. The molecular formula is C16H26N2O2S. The first-order chi connectivity index (χ1) is 10.2. The molecule has 1 spiro atoms. The molecule has 0 radical (unpaired) electrons. The normalized spacial score (nSPS) is 30.3. The monoisotopic (exact) mass is 310 g/mol. The van der Waals surface area contributed by atoms with Gasteiger partial charge in [-0.25, -0.2) is 4.98 Å². The zero-order chi connectivity index (χ0) is 14.7. The Bertz CT molecular complexity index is 465. The Kier molecular flexibility index (Phi) is 4.94. The van der Waals surface area contributed by atoms with Gasteiger partial charge >= 0.3 is 0 Å². The minimum Gasteiger partial charge on any atom is -0.375 e. The third-order valence-corrected chi connectivity index (χ3v) is 5.69. The number of nitrogens with zero attached hydrogens (tertiary/aromatic N) is 2. The zero-order valence-corrected chi connectivity index (χ0v) is 14.0. The zero-order valence-electron chi connectivity index (χ0n) is 13.1. The molecule has 1 aliphatic carbocycles. The van der Waals surface area contributed by atoms with Crippen molar-refractivity contribution in [3.8, 4) is 0 Å². The summed E-state index contributed by atoms with van der Waals surface area (Å²) in [5.41, 5.74) is 1.11. The van der Waals surface area contributed by atoms with E-state index in [2.05, 4.69) is 22.2 Å². The van der Waals surface area contributed by atoms with Crippen LogP contribution in [0.2, 0.25) is 0 Å². The molecule has 0 amide bonds. The van der Waals surface area contributed by atoms with Crippen LogP contribution in [0.4, 0.5) is 0 Å². The van der Waals surface area contributed by atoms with Crippen molar-refractivity contribution < 1.29 is 9.47 Å². The van der Waals surface area contributed by atoms with Gasteiger partial charge in [0.2, 0.25) is 0 Å². The van der Waals surface area contributed by atoms with Gasteiger partial charge in [-0.3, -0.25) is 4.90 Å². The van der Waals surface area contributed by atoms with Crippen LogP contribution in [0.25, 0.3) is 0 Å². The van der Waals surface area contributed by atoms with Gasteiger partial charge in [-0.15, -0.1) is 11.3 Å². The Morgan fingerprint density at radius 3 is 3.24 bits per heavy atom. The summed E-state index contributed by atoms with van der Waals surface area (Å²) >= 11 is 1.69. The van der Waals surface area contributed by atoms with E-state index in [1.807, 2.05) is 6.92 Å². The van der Waals surface area contributed by atoms with E-state index in [1.54, 1.807) is 11.3 Å². The van der Waals surface area contributed by atoms with Gasteiger partial charge in [0.05, 0.1) is 36.1 Å². The largest absolute Gasteiger partial charge is 0.375 e. The van der Waals surface area contributed by atoms with Crippen molar-refractivity contribution in [1.29, 1.82) is 0 Å². The van der Waals surface area contributed by atoms with Crippen molar-refractivity contribution in [3.63, 3.8) is 0 Å². The highest BCUT2D eigenvalue weighted by Gasteiger charge is 2.46. The summed E-state index contributed by atoms with van der Waals surface area (Å²) < 4.78 is 12.2. The molecule has 0 unspecified atom stereocenters. The number of likely N-dealkylation sites (N-methyl/N-ethyl adjacent to an activating group) is 1. The second-order valence-corrected chi connectivity index (χ2v) is 7.31. The summed E-state index contributed by atoms with van der Waals surface area (Å²) in [4.78, 5) is 6.98. The molecule has 1 aromatic rings. The van der Waals surface area contributed by atoms with Crippen molar-refractivity contribution in [2.75, 3.05) is 32.8 Å². The van der Waals surface area contributed by atoms with E-state index in [0.717, 1.165) is 43.5 Å². The van der Waals surface area contributed by atoms with Crippen LogP contribution in [0.3, 0.4) is 0 Å². The van der Waals surface area contributed by atoms with E-state index in [4.69, 9.17) is 9.47 Å². The highest BCUT2D eigenvalue weighted by molar-refractivity contribution is 7.09. The maximum absolute atomic E-state index is 6.24. The molecule has 5 heteroatoms. The molecule has 1 saturated heterocycles. The quantitative estimate of drug-likeness (QED) is 0.837. The van der Waals surface area contributed by atoms with Gasteiger partial charge in [0.15, 0.2) is 0 Å². The summed E-state index contributed by atoms with van der Waals surface area (Å²) in [6, 6.07) is 0. The molecule has 21 heavy (non-hydrogen) atoms. The van der Waals surface area contributed by atoms with Crippen molar-refractivity contribution >= 4 is 11.3 Å². The molecule has 0 bridgehead atoms. The highest BCUT2D eigenvalue weighted by atomic mass is 32.1. The third-order valence-electron chi connectivity index (χ3n) is 4.87. The van der Waals surface area contributed by atoms with E-state index >= 15 is 0 Å². The number of ether oxygens (including phenoxy) is 2. The summed E-state index contributed by atoms with van der Waals surface area (Å²) in [5.74, 6) is 0.534. The van der Waals surface area contributed by atoms with Crippen LogP contribution >= 0.6 is 11.3 Å². The lowest BCUT2D eigenvalue weighted by atomic mass is 9.89. The molecule has 2 aliphatic rings. The number of hydrogen-bond acceptors (Lipinski definition) is 5. The van der Waals surface area contributed by atoms with Gasteiger partial charge in [-0.05, 0) is 26.3 Å². The lowest BCUT2D eigenvalue weighted by molar-refractivity contribution is -0.141. The van der Waals surface area contributed by atoms with Crippen LogP contribution in [-0.4, -0.2) is 48.3 Å². The van der Waals surface area contributed by atoms with Crippen LogP contribution < -0.4 is 0 Å². The lowest BCUT2D eigenvalue weighted by Gasteiger charge is -2.43. The minimum atomic E-state index is 0.0479. The van der Waals surface area contributed by atoms with E-state index in [-0.39, 0.29) is 5.60 Å². The van der Waals surface area contributed by atoms with Crippen LogP contribution in [0.15, 0.2) is 5.38 Å². The van der Waals surface area contributed by atoms with Gasteiger partial charge < -0.3 is 9.47 Å². The Hall–Kier alpha value is -0.490. The number of thiazole rings is 1. The summed E-state index contributed by atoms with van der Waals surface area (Å²) in [7, 11) is 0. The molecule has 1 aliphatic heterocycles. The molecule has 2 heterocycles. The van der Waals surface area contributed by atoms with Crippen LogP contribution in [-0.2, 0) is 16.1 Å². The van der Waals surface area contributed by atoms with Gasteiger partial charge in [-0.1, -0.05) is 13.3 Å². The smallest absolute Gasteiger partial charge is 0.0898 e. The first-order valence-electron chi connectivity index (χ1n) is 8.07. The van der Waals surface area contributed by atoms with Gasteiger partial charge in [0, 0.05) is 24.4 Å². The number of morpholine rings is 1. The molecule has 3 rings (SSSR count). The molecule has 4 nitrogen and oxygen atoms in total. The van der Waals surface area contributed by atoms with Gasteiger partial charge in [0.25, 0.3) is 0 Å². The van der Waals surface area contributed by atoms with E-state index < -0.39 is 0 Å². The third kappa shape index (κ3) is 3.47. The number of aromatic nitrogens is 1. The first-order valence-corrected chi connectivity index (χ1v) is 8.95. The second kappa shape index (κ2) is 6.73. The van der Waals surface area contributed by atoms with Crippen LogP contribution in [0.1, 0.15) is 36.9 Å². The number of rotatable bonds is 5. The topological polar surface area (TPSA) is 34.6 Å². The van der Waals surface area contributed by atoms with Gasteiger partial charge in [0.1, 0.15) is 0 Å². The van der Waals surface area contributed by atoms with E-state index in [9.17, 15) is 0 Å². The second-order valence-electron chi connectivity index (χ2n) is 6.24. The predicted octanol–water partition coefficient (Wildman–Crippen LogP) is 2.86. The summed E-state index contributed by atoms with van der Waals surface area (Å²) in [6.45, 7) is 9.85. The Labute approximate surface area is 131 Å². The Balaban J connectivity index is 1.54. The lowest BCUT2D eigenvalue weighted by Crippen LogP contribution is -2.54. The standard InChI is InChI=1S/C16H26N2O2S/c1-3-18-7-8-20-16(12-18)6-4-5-14(16)9-19-10-15-11-21-13(2)17-15/h11,14H,3-10,12H2,1-2H3/t14-,16+/m0/s1. The predicted molar refractivity (Wildman–Crippen MR) is 84.6 cm³/mol.